The summed E-state index contributed by atoms with van der Waals surface area (Å²) in [6.45, 7) is 4.66. The average molecular weight is 291 g/mol. The fraction of sp³-hybridized carbons (Fsp3) is 0.688. The van der Waals surface area contributed by atoms with E-state index in [2.05, 4.69) is 15.5 Å². The van der Waals surface area contributed by atoms with E-state index in [9.17, 15) is 4.79 Å². The van der Waals surface area contributed by atoms with Crippen LogP contribution in [0.5, 0.6) is 0 Å². The molecule has 0 bridgehead atoms. The number of amides is 1. The highest BCUT2D eigenvalue weighted by Gasteiger charge is 2.27. The Hall–Kier alpha value is -1.33. The van der Waals surface area contributed by atoms with Crippen LogP contribution in [0, 0.1) is 5.92 Å². The van der Waals surface area contributed by atoms with Gasteiger partial charge in [0, 0.05) is 13.1 Å². The van der Waals surface area contributed by atoms with Crippen LogP contribution in [-0.2, 0) is 4.79 Å². The van der Waals surface area contributed by atoms with Crippen molar-refractivity contribution >= 4 is 5.91 Å². The topological polar surface area (TPSA) is 57.5 Å². The Balaban J connectivity index is 1.58. The molecular formula is C16H25N3O2. The summed E-state index contributed by atoms with van der Waals surface area (Å²) >= 11 is 0. The first kappa shape index (κ1) is 14.6. The van der Waals surface area contributed by atoms with Gasteiger partial charge in [0.25, 0.3) is 0 Å². The summed E-state index contributed by atoms with van der Waals surface area (Å²) in [6, 6.07) is 4.10. The molecule has 2 N–H and O–H groups in total. The maximum Gasteiger partial charge on any atom is 0.224 e. The number of likely N-dealkylation sites (tertiary alicyclic amines) is 1. The summed E-state index contributed by atoms with van der Waals surface area (Å²) in [6.07, 6.45) is 6.26. The van der Waals surface area contributed by atoms with Crippen LogP contribution in [0.25, 0.3) is 0 Å². The molecular weight excluding hydrogens is 266 g/mol. The molecule has 2 saturated heterocycles. The Morgan fingerprint density at radius 1 is 1.43 bits per heavy atom. The first-order valence-electron chi connectivity index (χ1n) is 8.10. The number of furan rings is 1. The summed E-state index contributed by atoms with van der Waals surface area (Å²) in [5, 5.41) is 6.43. The highest BCUT2D eigenvalue weighted by Crippen LogP contribution is 2.25. The lowest BCUT2D eigenvalue weighted by Crippen LogP contribution is -2.43. The third-order valence-corrected chi connectivity index (χ3v) is 4.59. The lowest BCUT2D eigenvalue weighted by atomic mass is 9.98. The molecule has 116 valence electrons. The van der Waals surface area contributed by atoms with Crippen molar-refractivity contribution in [3.05, 3.63) is 24.2 Å². The number of nitrogens with zero attached hydrogens (tertiary/aromatic N) is 1. The van der Waals surface area contributed by atoms with Gasteiger partial charge in [-0.3, -0.25) is 9.69 Å². The Labute approximate surface area is 126 Å². The van der Waals surface area contributed by atoms with Crippen molar-refractivity contribution in [3.63, 3.8) is 0 Å². The molecule has 2 aliphatic rings. The van der Waals surface area contributed by atoms with Gasteiger partial charge in [0.05, 0.1) is 18.2 Å². The number of carbonyl (C=O) groups excluding carboxylic acids is 1. The second-order valence-electron chi connectivity index (χ2n) is 6.06. The van der Waals surface area contributed by atoms with Gasteiger partial charge in [-0.05, 0) is 57.5 Å². The lowest BCUT2D eigenvalue weighted by Gasteiger charge is -2.27. The minimum absolute atomic E-state index is 0.120. The zero-order valence-corrected chi connectivity index (χ0v) is 12.5. The molecule has 3 heterocycles. The van der Waals surface area contributed by atoms with Crippen LogP contribution in [0.2, 0.25) is 0 Å². The fourth-order valence-electron chi connectivity index (χ4n) is 3.36. The molecule has 2 fully saturated rings. The zero-order valence-electron chi connectivity index (χ0n) is 12.5. The van der Waals surface area contributed by atoms with Crippen LogP contribution in [-0.4, -0.2) is 43.5 Å². The molecule has 0 spiro atoms. The third kappa shape index (κ3) is 3.66. The second kappa shape index (κ2) is 7.09. The molecule has 1 unspecified atom stereocenters. The highest BCUT2D eigenvalue weighted by molar-refractivity contribution is 5.79. The molecule has 5 nitrogen and oxygen atoms in total. The van der Waals surface area contributed by atoms with Gasteiger partial charge in [0.1, 0.15) is 5.76 Å². The molecule has 1 aromatic rings. The van der Waals surface area contributed by atoms with E-state index in [1.54, 1.807) is 6.26 Å². The molecule has 21 heavy (non-hydrogen) atoms. The quantitative estimate of drug-likeness (QED) is 0.864. The minimum atomic E-state index is 0.120. The molecule has 0 radical (unpaired) electrons. The smallest absolute Gasteiger partial charge is 0.224 e. The molecule has 0 aromatic carbocycles. The van der Waals surface area contributed by atoms with E-state index in [1.165, 1.54) is 12.8 Å². The van der Waals surface area contributed by atoms with Gasteiger partial charge in [-0.25, -0.2) is 0 Å². The van der Waals surface area contributed by atoms with E-state index in [0.717, 1.165) is 44.8 Å². The van der Waals surface area contributed by atoms with E-state index in [4.69, 9.17) is 4.42 Å². The molecule has 0 aliphatic carbocycles. The molecule has 2 atom stereocenters. The van der Waals surface area contributed by atoms with Gasteiger partial charge in [-0.2, -0.15) is 0 Å². The van der Waals surface area contributed by atoms with E-state index in [0.29, 0.717) is 6.54 Å². The second-order valence-corrected chi connectivity index (χ2v) is 6.06. The Morgan fingerprint density at radius 3 is 2.95 bits per heavy atom. The van der Waals surface area contributed by atoms with Crippen molar-refractivity contribution in [1.29, 1.82) is 0 Å². The van der Waals surface area contributed by atoms with Gasteiger partial charge in [-0.1, -0.05) is 0 Å². The van der Waals surface area contributed by atoms with Crippen LogP contribution < -0.4 is 10.6 Å². The Morgan fingerprint density at radius 2 is 2.29 bits per heavy atom. The molecule has 1 amide bonds. The Bertz CT molecular complexity index is 434. The molecule has 0 saturated carbocycles. The van der Waals surface area contributed by atoms with Gasteiger partial charge < -0.3 is 15.1 Å². The number of piperidine rings is 1. The predicted molar refractivity (Wildman–Crippen MR) is 80.9 cm³/mol. The van der Waals surface area contributed by atoms with Gasteiger partial charge in [0.15, 0.2) is 0 Å². The van der Waals surface area contributed by atoms with E-state index in [1.807, 2.05) is 12.1 Å². The van der Waals surface area contributed by atoms with Crippen LogP contribution in [0.1, 0.15) is 37.5 Å². The first-order chi connectivity index (χ1) is 10.3. The van der Waals surface area contributed by atoms with Gasteiger partial charge in [0.2, 0.25) is 5.91 Å². The first-order valence-corrected chi connectivity index (χ1v) is 8.10. The third-order valence-electron chi connectivity index (χ3n) is 4.59. The maximum atomic E-state index is 12.3. The van der Waals surface area contributed by atoms with Crippen LogP contribution in [0.15, 0.2) is 22.8 Å². The minimum Gasteiger partial charge on any atom is -0.468 e. The average Bonchev–Trinajstić information content (AvgIpc) is 3.22. The maximum absolute atomic E-state index is 12.3. The Kier molecular flexibility index (Phi) is 4.93. The number of carbonyl (C=O) groups is 1. The number of hydrogen-bond acceptors (Lipinski definition) is 4. The van der Waals surface area contributed by atoms with E-state index >= 15 is 0 Å². The largest absolute Gasteiger partial charge is 0.468 e. The normalized spacial score (nSPS) is 24.9. The summed E-state index contributed by atoms with van der Waals surface area (Å²) in [4.78, 5) is 14.7. The predicted octanol–water partition coefficient (Wildman–Crippen LogP) is 1.53. The van der Waals surface area contributed by atoms with Crippen molar-refractivity contribution in [2.24, 2.45) is 5.92 Å². The van der Waals surface area contributed by atoms with E-state index in [-0.39, 0.29) is 17.9 Å². The highest BCUT2D eigenvalue weighted by atomic mass is 16.3. The van der Waals surface area contributed by atoms with Crippen molar-refractivity contribution in [2.75, 3.05) is 32.7 Å². The summed E-state index contributed by atoms with van der Waals surface area (Å²) in [7, 11) is 0. The van der Waals surface area contributed by atoms with Crippen LogP contribution in [0.4, 0.5) is 0 Å². The summed E-state index contributed by atoms with van der Waals surface area (Å²) in [5.41, 5.74) is 0. The summed E-state index contributed by atoms with van der Waals surface area (Å²) < 4.78 is 5.58. The standard InChI is InChI=1S/C16H25N3O2/c20-16(13-5-3-7-17-11-13)18-12-14(15-6-4-10-21-15)19-8-1-2-9-19/h4,6,10,13-14,17H,1-3,5,7-9,11-12H2,(H,18,20)/t13-,14?/m1/s1. The SMILES string of the molecule is O=C(NCC(c1ccco1)N1CCCC1)[C@@H]1CCCNC1. The monoisotopic (exact) mass is 291 g/mol. The molecule has 1 aromatic heterocycles. The number of hydrogen-bond donors (Lipinski definition) is 2. The zero-order chi connectivity index (χ0) is 14.5. The van der Waals surface area contributed by atoms with Gasteiger partial charge in [-0.15, -0.1) is 0 Å². The van der Waals surface area contributed by atoms with Crippen molar-refractivity contribution in [2.45, 2.75) is 31.7 Å². The van der Waals surface area contributed by atoms with Crippen molar-refractivity contribution in [3.8, 4) is 0 Å². The lowest BCUT2D eigenvalue weighted by molar-refractivity contribution is -0.125. The summed E-state index contributed by atoms with van der Waals surface area (Å²) in [5.74, 6) is 1.26. The van der Waals surface area contributed by atoms with Crippen molar-refractivity contribution in [1.82, 2.24) is 15.5 Å². The molecule has 5 heteroatoms. The molecule has 3 rings (SSSR count). The number of nitrogens with one attached hydrogen (secondary N) is 2. The molecule has 2 aliphatic heterocycles. The van der Waals surface area contributed by atoms with Crippen LogP contribution in [0.3, 0.4) is 0 Å². The number of rotatable bonds is 5. The van der Waals surface area contributed by atoms with E-state index < -0.39 is 0 Å². The van der Waals surface area contributed by atoms with Crippen LogP contribution >= 0.6 is 0 Å². The fourth-order valence-corrected chi connectivity index (χ4v) is 3.36. The van der Waals surface area contributed by atoms with Gasteiger partial charge >= 0.3 is 0 Å². The van der Waals surface area contributed by atoms with Crippen molar-refractivity contribution < 1.29 is 9.21 Å².